The van der Waals surface area contributed by atoms with Gasteiger partial charge in [-0.2, -0.15) is 0 Å². The van der Waals surface area contributed by atoms with Crippen molar-refractivity contribution in [3.8, 4) is 0 Å². The maximum Gasteiger partial charge on any atom is 0.259 e. The van der Waals surface area contributed by atoms with Crippen LogP contribution < -0.4 is 5.56 Å². The molecule has 1 N–H and O–H groups in total. The van der Waals surface area contributed by atoms with Crippen LogP contribution in [0.5, 0.6) is 0 Å². The van der Waals surface area contributed by atoms with E-state index < -0.39 is 0 Å². The molecule has 3 heterocycles. The van der Waals surface area contributed by atoms with E-state index in [9.17, 15) is 9.59 Å². The lowest BCUT2D eigenvalue weighted by atomic mass is 9.98. The van der Waals surface area contributed by atoms with Gasteiger partial charge in [-0.15, -0.1) is 0 Å². The fraction of sp³-hybridized carbons (Fsp3) is 0.350. The Hall–Kier alpha value is -2.89. The SMILES string of the molecule is O=C(CCc1ccccc1)N1CCCC[C@H]1c1cc(=O)n2ccnc2[nH]1. The molecule has 1 aliphatic rings. The molecule has 1 atom stereocenters. The summed E-state index contributed by atoms with van der Waals surface area (Å²) in [7, 11) is 0. The van der Waals surface area contributed by atoms with Crippen LogP contribution in [0.4, 0.5) is 0 Å². The summed E-state index contributed by atoms with van der Waals surface area (Å²) in [6.45, 7) is 0.736. The first kappa shape index (κ1) is 16.6. The summed E-state index contributed by atoms with van der Waals surface area (Å²) in [5.74, 6) is 0.664. The molecular weight excluding hydrogens is 328 g/mol. The van der Waals surface area contributed by atoms with Gasteiger partial charge in [0, 0.05) is 37.1 Å². The van der Waals surface area contributed by atoms with Gasteiger partial charge in [-0.1, -0.05) is 30.3 Å². The lowest BCUT2D eigenvalue weighted by Crippen LogP contribution is -2.39. The van der Waals surface area contributed by atoms with Crippen molar-refractivity contribution in [3.63, 3.8) is 0 Å². The molecule has 1 amide bonds. The molecular formula is C20H22N4O2. The van der Waals surface area contributed by atoms with Crippen LogP contribution in [0.15, 0.2) is 53.6 Å². The van der Waals surface area contributed by atoms with E-state index in [1.807, 2.05) is 35.2 Å². The van der Waals surface area contributed by atoms with E-state index in [4.69, 9.17) is 0 Å². The molecule has 134 valence electrons. The molecule has 1 saturated heterocycles. The number of nitrogens with one attached hydrogen (secondary N) is 1. The van der Waals surface area contributed by atoms with Gasteiger partial charge in [0.25, 0.3) is 5.56 Å². The van der Waals surface area contributed by atoms with E-state index in [1.165, 1.54) is 9.96 Å². The van der Waals surface area contributed by atoms with Crippen LogP contribution in [0.25, 0.3) is 5.78 Å². The van der Waals surface area contributed by atoms with Crippen molar-refractivity contribution in [1.29, 1.82) is 0 Å². The number of nitrogens with zero attached hydrogens (tertiary/aromatic N) is 3. The Bertz CT molecular complexity index is 961. The highest BCUT2D eigenvalue weighted by Gasteiger charge is 2.28. The minimum absolute atomic E-state index is 0.0820. The Balaban J connectivity index is 1.55. The lowest BCUT2D eigenvalue weighted by Gasteiger charge is -2.36. The number of hydrogen-bond donors (Lipinski definition) is 1. The minimum atomic E-state index is -0.117. The molecule has 0 radical (unpaired) electrons. The van der Waals surface area contributed by atoms with E-state index in [0.29, 0.717) is 12.2 Å². The molecule has 0 unspecified atom stereocenters. The lowest BCUT2D eigenvalue weighted by molar-refractivity contribution is -0.135. The third-order valence-electron chi connectivity index (χ3n) is 5.07. The normalized spacial score (nSPS) is 17.5. The van der Waals surface area contributed by atoms with Crippen molar-refractivity contribution in [2.24, 2.45) is 0 Å². The number of aromatic nitrogens is 3. The van der Waals surface area contributed by atoms with Crippen molar-refractivity contribution in [2.45, 2.75) is 38.1 Å². The summed E-state index contributed by atoms with van der Waals surface area (Å²) >= 11 is 0. The number of aromatic amines is 1. The van der Waals surface area contributed by atoms with E-state index in [2.05, 4.69) is 9.97 Å². The molecule has 0 saturated carbocycles. The zero-order valence-corrected chi connectivity index (χ0v) is 14.6. The maximum atomic E-state index is 12.9. The second-order valence-electron chi connectivity index (χ2n) is 6.77. The number of aryl methyl sites for hydroxylation is 1. The van der Waals surface area contributed by atoms with Gasteiger partial charge in [0.15, 0.2) is 0 Å². The van der Waals surface area contributed by atoms with Gasteiger partial charge in [0.05, 0.1) is 6.04 Å². The second kappa shape index (κ2) is 7.15. The number of imidazole rings is 1. The molecule has 0 bridgehead atoms. The number of carbonyl (C=O) groups is 1. The van der Waals surface area contributed by atoms with Crippen LogP contribution in [-0.4, -0.2) is 31.7 Å². The smallest absolute Gasteiger partial charge is 0.259 e. The minimum Gasteiger partial charge on any atom is -0.334 e. The molecule has 2 aromatic heterocycles. The topological polar surface area (TPSA) is 70.5 Å². The second-order valence-corrected chi connectivity index (χ2v) is 6.77. The van der Waals surface area contributed by atoms with Gasteiger partial charge in [0.2, 0.25) is 11.7 Å². The Morgan fingerprint density at radius 2 is 2.08 bits per heavy atom. The summed E-state index contributed by atoms with van der Waals surface area (Å²) in [5, 5.41) is 0. The van der Waals surface area contributed by atoms with Gasteiger partial charge < -0.3 is 9.88 Å². The molecule has 26 heavy (non-hydrogen) atoms. The van der Waals surface area contributed by atoms with Crippen LogP contribution in [0, 0.1) is 0 Å². The molecule has 1 aromatic carbocycles. The van der Waals surface area contributed by atoms with Gasteiger partial charge >= 0.3 is 0 Å². The third kappa shape index (κ3) is 3.27. The first-order valence-electron chi connectivity index (χ1n) is 9.12. The first-order chi connectivity index (χ1) is 12.7. The third-order valence-corrected chi connectivity index (χ3v) is 5.07. The largest absolute Gasteiger partial charge is 0.334 e. The van der Waals surface area contributed by atoms with E-state index >= 15 is 0 Å². The highest BCUT2D eigenvalue weighted by Crippen LogP contribution is 2.30. The predicted octanol–water partition coefficient (Wildman–Crippen LogP) is 2.71. The number of carbonyl (C=O) groups excluding carboxylic acids is 1. The van der Waals surface area contributed by atoms with Crippen molar-refractivity contribution < 1.29 is 4.79 Å². The number of H-pyrrole nitrogens is 1. The number of piperidine rings is 1. The summed E-state index contributed by atoms with van der Waals surface area (Å²) < 4.78 is 1.48. The number of hydrogen-bond acceptors (Lipinski definition) is 3. The highest BCUT2D eigenvalue weighted by atomic mass is 16.2. The monoisotopic (exact) mass is 350 g/mol. The number of fused-ring (bicyclic) bond motifs is 1. The molecule has 4 rings (SSSR count). The first-order valence-corrected chi connectivity index (χ1v) is 9.12. The van der Waals surface area contributed by atoms with Crippen molar-refractivity contribution in [1.82, 2.24) is 19.3 Å². The number of benzene rings is 1. The van der Waals surface area contributed by atoms with Crippen LogP contribution in [0.1, 0.15) is 43.0 Å². The fourth-order valence-corrected chi connectivity index (χ4v) is 3.71. The van der Waals surface area contributed by atoms with E-state index in [1.54, 1.807) is 18.5 Å². The van der Waals surface area contributed by atoms with Crippen LogP contribution in [-0.2, 0) is 11.2 Å². The average Bonchev–Trinajstić information content (AvgIpc) is 3.16. The Morgan fingerprint density at radius 1 is 1.23 bits per heavy atom. The van der Waals surface area contributed by atoms with Gasteiger partial charge in [-0.05, 0) is 31.2 Å². The van der Waals surface area contributed by atoms with Crippen molar-refractivity contribution in [2.75, 3.05) is 6.54 Å². The quantitative estimate of drug-likeness (QED) is 0.786. The molecule has 0 aliphatic carbocycles. The summed E-state index contributed by atoms with van der Waals surface area (Å²) in [6.07, 6.45) is 7.37. The molecule has 1 fully saturated rings. The summed E-state index contributed by atoms with van der Waals surface area (Å²) in [6, 6.07) is 11.6. The molecule has 3 aromatic rings. The number of likely N-dealkylation sites (tertiary alicyclic amines) is 1. The number of rotatable bonds is 4. The fourth-order valence-electron chi connectivity index (χ4n) is 3.71. The van der Waals surface area contributed by atoms with Crippen molar-refractivity contribution >= 4 is 11.7 Å². The molecule has 1 aliphatic heterocycles. The van der Waals surface area contributed by atoms with Crippen LogP contribution >= 0.6 is 0 Å². The molecule has 6 nitrogen and oxygen atoms in total. The Labute approximate surface area is 151 Å². The van der Waals surface area contributed by atoms with Crippen molar-refractivity contribution in [3.05, 3.63) is 70.4 Å². The average molecular weight is 350 g/mol. The molecule has 0 spiro atoms. The van der Waals surface area contributed by atoms with Gasteiger partial charge in [0.1, 0.15) is 0 Å². The zero-order chi connectivity index (χ0) is 17.9. The Kier molecular flexibility index (Phi) is 4.56. The predicted molar refractivity (Wildman–Crippen MR) is 98.9 cm³/mol. The number of amides is 1. The molecule has 6 heteroatoms. The standard InChI is InChI=1S/C20H22N4O2/c25-18(10-9-15-6-2-1-3-7-15)23-12-5-4-8-17(23)16-14-19(26)24-13-11-21-20(24)22-16/h1-3,6-7,11,13-14,17H,4-5,8-10,12H2,(H,21,22)/t17-/m0/s1. The summed E-state index contributed by atoms with van der Waals surface area (Å²) in [5.41, 5.74) is 1.83. The highest BCUT2D eigenvalue weighted by molar-refractivity contribution is 5.77. The van der Waals surface area contributed by atoms with Gasteiger partial charge in [-0.25, -0.2) is 4.98 Å². The Morgan fingerprint density at radius 3 is 2.92 bits per heavy atom. The van der Waals surface area contributed by atoms with E-state index in [-0.39, 0.29) is 17.5 Å². The van der Waals surface area contributed by atoms with Crippen LogP contribution in [0.2, 0.25) is 0 Å². The zero-order valence-electron chi connectivity index (χ0n) is 14.6. The van der Waals surface area contributed by atoms with Gasteiger partial charge in [-0.3, -0.25) is 14.0 Å². The van der Waals surface area contributed by atoms with Crippen LogP contribution in [0.3, 0.4) is 0 Å². The maximum absolute atomic E-state index is 12.9. The van der Waals surface area contributed by atoms with E-state index in [0.717, 1.165) is 37.9 Å². The summed E-state index contributed by atoms with van der Waals surface area (Å²) in [4.78, 5) is 34.5.